The minimum Gasteiger partial charge on any atom is -0.507 e. The van der Waals surface area contributed by atoms with Gasteiger partial charge in [0.25, 0.3) is 5.91 Å². The summed E-state index contributed by atoms with van der Waals surface area (Å²) in [6, 6.07) is 20.9. The first kappa shape index (κ1) is 51.0. The highest BCUT2D eigenvalue weighted by Crippen LogP contribution is 2.41. The number of hydrogen-bond acceptors (Lipinski definition) is 14. The number of benzene rings is 3. The second-order valence-corrected chi connectivity index (χ2v) is 21.6. The van der Waals surface area contributed by atoms with Crippen LogP contribution in [0.4, 0.5) is 15.9 Å². The topological polar surface area (TPSA) is 198 Å². The molecule has 1 unspecified atom stereocenters. The molecule has 2 aliphatic heterocycles. The molecule has 71 heavy (non-hydrogen) atoms. The molecule has 3 fully saturated rings. The monoisotopic (exact) mass is 991 g/mol. The number of nitrogens with zero attached hydrogens (tertiary/aromatic N) is 6. The molecule has 0 radical (unpaired) electrons. The number of piperazine rings is 1. The van der Waals surface area contributed by atoms with Crippen molar-refractivity contribution in [1.82, 2.24) is 35.6 Å². The number of aromatic hydroxyl groups is 1. The number of nitrogen functional groups attached to an aromatic ring is 1. The summed E-state index contributed by atoms with van der Waals surface area (Å²) in [5, 5.41) is 24.5. The first-order valence-corrected chi connectivity index (χ1v) is 25.2. The number of likely N-dealkylation sites (tertiary alicyclic amines) is 1. The zero-order valence-electron chi connectivity index (χ0n) is 41.7. The summed E-state index contributed by atoms with van der Waals surface area (Å²) in [6.45, 7) is 17.8. The van der Waals surface area contributed by atoms with Gasteiger partial charge in [-0.1, -0.05) is 57.2 Å². The number of alkyl halides is 1. The van der Waals surface area contributed by atoms with Crippen molar-refractivity contribution in [3.8, 4) is 38.9 Å². The van der Waals surface area contributed by atoms with E-state index in [1.165, 1.54) is 16.2 Å². The number of para-hydroxylation sites is 1. The molecule has 3 aliphatic rings. The maximum Gasteiger partial charge on any atom is 0.258 e. The molecule has 378 valence electrons. The summed E-state index contributed by atoms with van der Waals surface area (Å²) >= 11 is 1.53. The Kier molecular flexibility index (Phi) is 15.2. The number of aryl methyl sites for hydroxylation is 1. The zero-order valence-corrected chi connectivity index (χ0v) is 42.5. The fraction of sp³-hybridized carbons (Fsp3) is 0.472. The van der Waals surface area contributed by atoms with Crippen LogP contribution in [0.25, 0.3) is 21.7 Å². The SMILES string of the molecule is Cc1ncsc1-c1ccc(CNC(=O)[C@@H]2CC(OC(C)(C)C)CN2C(=O)[C@@H](NC(=O)C2(F)CC2)C(C)(C)C)c(OCCOc2ccc(CN3CCN(c4cc(-c5ccccc5O)nnc4N)CC3)cc2)c1. The van der Waals surface area contributed by atoms with Crippen LogP contribution in [0.5, 0.6) is 17.2 Å². The molecule has 1 saturated carbocycles. The van der Waals surface area contributed by atoms with E-state index in [1.54, 1.807) is 23.7 Å². The number of phenolic OH excluding ortho intramolecular Hbond substituents is 1. The van der Waals surface area contributed by atoms with E-state index in [0.29, 0.717) is 28.6 Å². The minimum absolute atomic E-state index is 0.107. The van der Waals surface area contributed by atoms with Crippen LogP contribution in [0.15, 0.2) is 78.3 Å². The van der Waals surface area contributed by atoms with Gasteiger partial charge in [-0.05, 0) is 93.5 Å². The first-order chi connectivity index (χ1) is 33.7. The number of rotatable bonds is 17. The van der Waals surface area contributed by atoms with Crippen molar-refractivity contribution in [2.45, 2.75) is 110 Å². The number of phenols is 1. The lowest BCUT2D eigenvalue weighted by Gasteiger charge is -2.36. The number of amides is 3. The number of ether oxygens (including phenoxy) is 3. The van der Waals surface area contributed by atoms with Gasteiger partial charge in [-0.3, -0.25) is 19.3 Å². The molecule has 1 aliphatic carbocycles. The van der Waals surface area contributed by atoms with Crippen molar-refractivity contribution in [2.75, 3.05) is 56.6 Å². The van der Waals surface area contributed by atoms with E-state index < -0.39 is 46.7 Å². The Bertz CT molecular complexity index is 2690. The van der Waals surface area contributed by atoms with Crippen molar-refractivity contribution in [2.24, 2.45) is 5.41 Å². The third-order valence-corrected chi connectivity index (χ3v) is 14.0. The number of thiazole rings is 1. The van der Waals surface area contributed by atoms with Gasteiger partial charge in [0.2, 0.25) is 11.8 Å². The van der Waals surface area contributed by atoms with E-state index in [0.717, 1.165) is 65.7 Å². The van der Waals surface area contributed by atoms with Crippen LogP contribution >= 0.6 is 11.3 Å². The van der Waals surface area contributed by atoms with Crippen LogP contribution in [-0.4, -0.2) is 123 Å². The summed E-state index contributed by atoms with van der Waals surface area (Å²) in [7, 11) is 0. The van der Waals surface area contributed by atoms with Gasteiger partial charge in [0, 0.05) is 63.4 Å². The normalized spacial score (nSPS) is 18.5. The molecule has 4 heterocycles. The summed E-state index contributed by atoms with van der Waals surface area (Å²) in [5.74, 6) is 0.137. The molecule has 8 rings (SSSR count). The van der Waals surface area contributed by atoms with Crippen LogP contribution in [0.1, 0.15) is 77.6 Å². The summed E-state index contributed by atoms with van der Waals surface area (Å²) in [4.78, 5) is 53.0. The Balaban J connectivity index is 0.873. The molecule has 2 saturated heterocycles. The summed E-state index contributed by atoms with van der Waals surface area (Å²) in [5.41, 5.74) is 10.5. The minimum atomic E-state index is -1.96. The fourth-order valence-corrected chi connectivity index (χ4v) is 9.82. The summed E-state index contributed by atoms with van der Waals surface area (Å²) < 4.78 is 33.7. The van der Waals surface area contributed by atoms with Gasteiger partial charge in [0.05, 0.1) is 39.2 Å². The van der Waals surface area contributed by atoms with Gasteiger partial charge in [-0.15, -0.1) is 21.5 Å². The van der Waals surface area contributed by atoms with Crippen LogP contribution in [0.3, 0.4) is 0 Å². The molecule has 5 N–H and O–H groups in total. The first-order valence-electron chi connectivity index (χ1n) is 24.3. The molecule has 3 amide bonds. The molecule has 0 bridgehead atoms. The fourth-order valence-electron chi connectivity index (χ4n) is 9.02. The van der Waals surface area contributed by atoms with Crippen LogP contribution in [0.2, 0.25) is 0 Å². The van der Waals surface area contributed by atoms with Gasteiger partial charge in [-0.2, -0.15) is 0 Å². The second kappa shape index (κ2) is 21.2. The van der Waals surface area contributed by atoms with Crippen molar-refractivity contribution < 1.29 is 38.1 Å². The number of carbonyl (C=O) groups excluding carboxylic acids is 3. The van der Waals surface area contributed by atoms with Gasteiger partial charge in [-0.25, -0.2) is 9.37 Å². The number of nitrogens with two attached hydrogens (primary N) is 1. The van der Waals surface area contributed by atoms with E-state index in [4.69, 9.17) is 19.9 Å². The van der Waals surface area contributed by atoms with Crippen molar-refractivity contribution in [3.05, 3.63) is 95.1 Å². The van der Waals surface area contributed by atoms with E-state index in [-0.39, 0.29) is 57.2 Å². The van der Waals surface area contributed by atoms with Gasteiger partial charge in [0.1, 0.15) is 42.5 Å². The molecule has 16 nitrogen and oxygen atoms in total. The predicted octanol–water partition coefficient (Wildman–Crippen LogP) is 7.08. The Morgan fingerprint density at radius 3 is 2.32 bits per heavy atom. The van der Waals surface area contributed by atoms with Gasteiger partial charge >= 0.3 is 0 Å². The molecular weight excluding hydrogens is 926 g/mol. The zero-order chi connectivity index (χ0) is 50.7. The quantitative estimate of drug-likeness (QED) is 0.0691. The maximum atomic E-state index is 14.9. The smallest absolute Gasteiger partial charge is 0.258 e. The lowest BCUT2D eigenvalue weighted by atomic mass is 9.85. The highest BCUT2D eigenvalue weighted by molar-refractivity contribution is 7.13. The lowest BCUT2D eigenvalue weighted by Crippen LogP contribution is -2.59. The predicted molar refractivity (Wildman–Crippen MR) is 272 cm³/mol. The maximum absolute atomic E-state index is 14.9. The van der Waals surface area contributed by atoms with Gasteiger partial charge < -0.3 is 45.5 Å². The average Bonchev–Trinajstić information content (AvgIpc) is 3.72. The van der Waals surface area contributed by atoms with E-state index >= 15 is 0 Å². The summed E-state index contributed by atoms with van der Waals surface area (Å²) in [6.07, 6.45) is 0.0520. The van der Waals surface area contributed by atoms with Crippen molar-refractivity contribution >= 4 is 40.6 Å². The van der Waals surface area contributed by atoms with Crippen LogP contribution in [0, 0.1) is 12.3 Å². The number of anilines is 2. The molecule has 0 spiro atoms. The largest absolute Gasteiger partial charge is 0.507 e. The average molecular weight is 992 g/mol. The van der Waals surface area contributed by atoms with Crippen molar-refractivity contribution in [1.29, 1.82) is 0 Å². The number of carbonyl (C=O) groups is 3. The third kappa shape index (κ3) is 12.6. The molecule has 3 atom stereocenters. The lowest BCUT2D eigenvalue weighted by molar-refractivity contribution is -0.145. The highest BCUT2D eigenvalue weighted by Gasteiger charge is 2.53. The van der Waals surface area contributed by atoms with Gasteiger partial charge in [0.15, 0.2) is 11.5 Å². The Labute approximate surface area is 419 Å². The standard InChI is InChI=1S/C53H66FN9O7S/c1-33-45(71-32-57-33)35-14-15-36(29-56-48(65)42-27-38(70-52(5,6)7)31-63(42)49(66)46(51(2,3)4)58-50(67)53(54)18-19-53)44(26-35)69-25-24-68-37-16-12-34(13-17-37)30-61-20-22-62(23-21-61)41-28-40(59-60-47(41)55)39-10-8-9-11-43(39)64/h8-17,26,28,32,38,42,46,64H,18-25,27,29-31H2,1-7H3,(H2,55,60)(H,56,65)(H,58,67)/t38?,42-,46+/m0/s1. The Hall–Kier alpha value is -6.37. The van der Waals surface area contributed by atoms with E-state index in [1.807, 2.05) is 90.9 Å². The number of nitrogens with one attached hydrogen (secondary N) is 2. The number of halogens is 1. The Morgan fingerprint density at radius 1 is 0.944 bits per heavy atom. The molecule has 3 aromatic carbocycles. The Morgan fingerprint density at radius 2 is 1.66 bits per heavy atom. The molecule has 2 aromatic heterocycles. The van der Waals surface area contributed by atoms with Crippen LogP contribution < -0.4 is 30.7 Å². The molecule has 5 aromatic rings. The van der Waals surface area contributed by atoms with Crippen LogP contribution in [-0.2, 0) is 32.2 Å². The second-order valence-electron chi connectivity index (χ2n) is 20.8. The highest BCUT2D eigenvalue weighted by atomic mass is 32.1. The molecule has 18 heteroatoms. The van der Waals surface area contributed by atoms with E-state index in [2.05, 4.69) is 47.7 Å². The molecular formula is C53H66FN9O7S. The van der Waals surface area contributed by atoms with Crippen molar-refractivity contribution in [3.63, 3.8) is 0 Å². The van der Waals surface area contributed by atoms with E-state index in [9.17, 15) is 23.9 Å². The third-order valence-electron chi connectivity index (χ3n) is 13.0. The number of hydrogen-bond donors (Lipinski definition) is 4. The number of aromatic nitrogens is 3.